The van der Waals surface area contributed by atoms with Gasteiger partial charge in [0.05, 0.1) is 5.60 Å². The number of halogens is 1. The van der Waals surface area contributed by atoms with Gasteiger partial charge in [-0.2, -0.15) is 0 Å². The second-order valence-corrected chi connectivity index (χ2v) is 4.37. The molecule has 0 heterocycles. The normalized spacial score (nSPS) is 24.7. The quantitative estimate of drug-likeness (QED) is 0.700. The van der Waals surface area contributed by atoms with E-state index in [-0.39, 0.29) is 5.82 Å². The average Bonchev–Trinajstić information content (AvgIpc) is 2.17. The van der Waals surface area contributed by atoms with Crippen LogP contribution in [0.4, 0.5) is 4.39 Å². The summed E-state index contributed by atoms with van der Waals surface area (Å²) >= 11 is 0. The fraction of sp³-hybridized carbons (Fsp3) is 0.385. The van der Waals surface area contributed by atoms with Crippen molar-refractivity contribution in [3.05, 3.63) is 47.3 Å². The first-order valence-electron chi connectivity index (χ1n) is 5.17. The van der Waals surface area contributed by atoms with Gasteiger partial charge in [-0.3, -0.25) is 0 Å². The first kappa shape index (κ1) is 10.4. The van der Waals surface area contributed by atoms with Gasteiger partial charge in [-0.25, -0.2) is 4.39 Å². The Hall–Kier alpha value is -1.15. The van der Waals surface area contributed by atoms with Crippen molar-refractivity contribution in [3.8, 4) is 0 Å². The molecule has 0 radical (unpaired) electrons. The predicted octanol–water partition coefficient (Wildman–Crippen LogP) is 2.62. The van der Waals surface area contributed by atoms with E-state index in [0.717, 1.165) is 16.7 Å². The fourth-order valence-corrected chi connectivity index (χ4v) is 2.15. The second-order valence-electron chi connectivity index (χ2n) is 4.37. The van der Waals surface area contributed by atoms with Crippen LogP contribution < -0.4 is 0 Å². The summed E-state index contributed by atoms with van der Waals surface area (Å²) < 4.78 is 13.4. The molecule has 1 nitrogen and oxygen atoms in total. The minimum absolute atomic E-state index is 0.156. The lowest BCUT2D eigenvalue weighted by Crippen LogP contribution is -2.36. The van der Waals surface area contributed by atoms with Gasteiger partial charge >= 0.3 is 0 Å². The molecule has 15 heavy (non-hydrogen) atoms. The van der Waals surface area contributed by atoms with Crippen LogP contribution in [0.1, 0.15) is 24.5 Å². The SMILES string of the molecule is C=C(C)C1(O)CCc2c(F)cccc2C1. The van der Waals surface area contributed by atoms with Crippen molar-refractivity contribution >= 4 is 0 Å². The maximum Gasteiger partial charge on any atom is 0.126 e. The molecule has 2 rings (SSSR count). The van der Waals surface area contributed by atoms with Gasteiger partial charge in [0.25, 0.3) is 0 Å². The van der Waals surface area contributed by atoms with Crippen molar-refractivity contribution in [2.24, 2.45) is 0 Å². The molecular weight excluding hydrogens is 191 g/mol. The Morgan fingerprint density at radius 3 is 2.93 bits per heavy atom. The van der Waals surface area contributed by atoms with Crippen LogP contribution in [0.5, 0.6) is 0 Å². The second kappa shape index (κ2) is 3.46. The van der Waals surface area contributed by atoms with Crippen molar-refractivity contribution in [2.75, 3.05) is 0 Å². The summed E-state index contributed by atoms with van der Waals surface area (Å²) in [6.07, 6.45) is 1.64. The lowest BCUT2D eigenvalue weighted by Gasteiger charge is -2.34. The van der Waals surface area contributed by atoms with E-state index in [0.29, 0.717) is 19.3 Å². The molecule has 0 aromatic heterocycles. The molecule has 0 bridgehead atoms. The standard InChI is InChI=1S/C13H15FO/c1-9(2)13(15)7-6-11-10(8-13)4-3-5-12(11)14/h3-5,15H,1,6-8H2,2H3. The van der Waals surface area contributed by atoms with E-state index in [1.54, 1.807) is 6.07 Å². The van der Waals surface area contributed by atoms with Crippen molar-refractivity contribution in [2.45, 2.75) is 31.8 Å². The average molecular weight is 206 g/mol. The van der Waals surface area contributed by atoms with Gasteiger partial charge in [-0.1, -0.05) is 18.7 Å². The van der Waals surface area contributed by atoms with E-state index in [9.17, 15) is 9.50 Å². The third kappa shape index (κ3) is 1.70. The number of rotatable bonds is 1. The topological polar surface area (TPSA) is 20.2 Å². The highest BCUT2D eigenvalue weighted by molar-refractivity contribution is 5.35. The Kier molecular flexibility index (Phi) is 2.39. The maximum atomic E-state index is 13.4. The zero-order chi connectivity index (χ0) is 11.1. The van der Waals surface area contributed by atoms with Crippen LogP contribution >= 0.6 is 0 Å². The molecule has 0 amide bonds. The Morgan fingerprint density at radius 1 is 1.53 bits per heavy atom. The molecular formula is C13H15FO. The summed E-state index contributed by atoms with van der Waals surface area (Å²) in [6, 6.07) is 5.05. The van der Waals surface area contributed by atoms with E-state index in [4.69, 9.17) is 0 Å². The van der Waals surface area contributed by atoms with Gasteiger partial charge in [0.1, 0.15) is 5.82 Å². The summed E-state index contributed by atoms with van der Waals surface area (Å²) in [5.74, 6) is -0.156. The third-order valence-corrected chi connectivity index (χ3v) is 3.28. The van der Waals surface area contributed by atoms with Crippen molar-refractivity contribution < 1.29 is 9.50 Å². The molecule has 2 heteroatoms. The van der Waals surface area contributed by atoms with Gasteiger partial charge in [0.2, 0.25) is 0 Å². The van der Waals surface area contributed by atoms with Crippen LogP contribution in [-0.2, 0) is 12.8 Å². The van der Waals surface area contributed by atoms with E-state index >= 15 is 0 Å². The van der Waals surface area contributed by atoms with E-state index in [1.807, 2.05) is 13.0 Å². The van der Waals surface area contributed by atoms with Crippen LogP contribution in [0.25, 0.3) is 0 Å². The lowest BCUT2D eigenvalue weighted by molar-refractivity contribution is 0.0636. The summed E-state index contributed by atoms with van der Waals surface area (Å²) in [5.41, 5.74) is 1.58. The first-order valence-corrected chi connectivity index (χ1v) is 5.17. The van der Waals surface area contributed by atoms with Crippen LogP contribution in [-0.4, -0.2) is 10.7 Å². The van der Waals surface area contributed by atoms with Gasteiger partial charge in [-0.05, 0) is 42.5 Å². The van der Waals surface area contributed by atoms with Crippen molar-refractivity contribution in [1.29, 1.82) is 0 Å². The van der Waals surface area contributed by atoms with E-state index in [2.05, 4.69) is 6.58 Å². The summed E-state index contributed by atoms with van der Waals surface area (Å²) in [7, 11) is 0. The predicted molar refractivity (Wildman–Crippen MR) is 58.2 cm³/mol. The summed E-state index contributed by atoms with van der Waals surface area (Å²) in [5, 5.41) is 10.3. The molecule has 0 fully saturated rings. The maximum absolute atomic E-state index is 13.4. The van der Waals surface area contributed by atoms with E-state index in [1.165, 1.54) is 6.07 Å². The minimum atomic E-state index is -0.846. The van der Waals surface area contributed by atoms with Crippen LogP contribution in [0, 0.1) is 5.82 Å². The highest BCUT2D eigenvalue weighted by Gasteiger charge is 2.33. The number of aliphatic hydroxyl groups is 1. The van der Waals surface area contributed by atoms with Gasteiger partial charge in [0, 0.05) is 6.42 Å². The van der Waals surface area contributed by atoms with Crippen LogP contribution in [0.3, 0.4) is 0 Å². The molecule has 1 N–H and O–H groups in total. The zero-order valence-corrected chi connectivity index (χ0v) is 8.89. The summed E-state index contributed by atoms with van der Waals surface area (Å²) in [6.45, 7) is 5.63. The minimum Gasteiger partial charge on any atom is -0.385 e. The molecule has 1 unspecified atom stereocenters. The van der Waals surface area contributed by atoms with Crippen LogP contribution in [0.15, 0.2) is 30.4 Å². The van der Waals surface area contributed by atoms with Crippen molar-refractivity contribution in [1.82, 2.24) is 0 Å². The molecule has 0 saturated carbocycles. The van der Waals surface area contributed by atoms with E-state index < -0.39 is 5.60 Å². The molecule has 1 aromatic rings. The first-order chi connectivity index (χ1) is 7.03. The Bertz CT molecular complexity index is 411. The Labute approximate surface area is 89.3 Å². The zero-order valence-electron chi connectivity index (χ0n) is 8.89. The number of hydrogen-bond acceptors (Lipinski definition) is 1. The molecule has 1 aromatic carbocycles. The monoisotopic (exact) mass is 206 g/mol. The summed E-state index contributed by atoms with van der Waals surface area (Å²) in [4.78, 5) is 0. The number of fused-ring (bicyclic) bond motifs is 1. The highest BCUT2D eigenvalue weighted by atomic mass is 19.1. The lowest BCUT2D eigenvalue weighted by atomic mass is 9.77. The molecule has 0 aliphatic heterocycles. The Morgan fingerprint density at radius 2 is 2.27 bits per heavy atom. The molecule has 80 valence electrons. The van der Waals surface area contributed by atoms with Crippen molar-refractivity contribution in [3.63, 3.8) is 0 Å². The third-order valence-electron chi connectivity index (χ3n) is 3.28. The Balaban J connectivity index is 2.39. The highest BCUT2D eigenvalue weighted by Crippen LogP contribution is 2.33. The molecule has 1 aliphatic rings. The molecule has 1 aliphatic carbocycles. The molecule has 1 atom stereocenters. The van der Waals surface area contributed by atoms with Gasteiger partial charge < -0.3 is 5.11 Å². The number of hydrogen-bond donors (Lipinski definition) is 1. The fourth-order valence-electron chi connectivity index (χ4n) is 2.15. The van der Waals surface area contributed by atoms with Gasteiger partial charge in [0.15, 0.2) is 0 Å². The largest absolute Gasteiger partial charge is 0.385 e. The molecule has 0 spiro atoms. The van der Waals surface area contributed by atoms with Gasteiger partial charge in [-0.15, -0.1) is 0 Å². The van der Waals surface area contributed by atoms with Crippen LogP contribution in [0.2, 0.25) is 0 Å². The molecule has 0 saturated heterocycles. The smallest absolute Gasteiger partial charge is 0.126 e. The number of benzene rings is 1.